The second-order valence-electron chi connectivity index (χ2n) is 7.51. The summed E-state index contributed by atoms with van der Waals surface area (Å²) in [5.74, 6) is 1.29. The van der Waals surface area contributed by atoms with E-state index in [1.165, 1.54) is 4.68 Å². The van der Waals surface area contributed by atoms with Gasteiger partial charge >= 0.3 is 0 Å². The van der Waals surface area contributed by atoms with Gasteiger partial charge in [0.1, 0.15) is 18.1 Å². The molecular formula is C23H25ClN6O2. The molecule has 1 aliphatic rings. The van der Waals surface area contributed by atoms with E-state index in [-0.39, 0.29) is 5.91 Å². The lowest BCUT2D eigenvalue weighted by molar-refractivity contribution is -0.127. The maximum absolute atomic E-state index is 13.4. The number of carbonyl (C=O) groups excluding carboxylic acids is 1. The van der Waals surface area contributed by atoms with E-state index in [4.69, 9.17) is 16.3 Å². The maximum atomic E-state index is 13.4. The van der Waals surface area contributed by atoms with E-state index in [2.05, 4.69) is 20.4 Å². The molecule has 32 heavy (non-hydrogen) atoms. The number of nitrogens with zero attached hydrogens (tertiary/aromatic N) is 6. The summed E-state index contributed by atoms with van der Waals surface area (Å²) < 4.78 is 7.29. The minimum absolute atomic E-state index is 0.0821. The van der Waals surface area contributed by atoms with Gasteiger partial charge in [-0.25, -0.2) is 0 Å². The van der Waals surface area contributed by atoms with Gasteiger partial charge in [0.15, 0.2) is 5.82 Å². The summed E-state index contributed by atoms with van der Waals surface area (Å²) in [5, 5.41) is 12.4. The van der Waals surface area contributed by atoms with Gasteiger partial charge in [0.2, 0.25) is 0 Å². The average molecular weight is 453 g/mol. The van der Waals surface area contributed by atoms with Gasteiger partial charge in [-0.15, -0.1) is 5.10 Å². The number of aromatic nitrogens is 4. The van der Waals surface area contributed by atoms with Gasteiger partial charge in [-0.2, -0.15) is 4.68 Å². The van der Waals surface area contributed by atoms with Crippen molar-refractivity contribution < 1.29 is 9.53 Å². The normalized spacial score (nSPS) is 15.1. The van der Waals surface area contributed by atoms with Crippen LogP contribution in [-0.2, 0) is 4.79 Å². The molecule has 2 aromatic carbocycles. The highest BCUT2D eigenvalue weighted by Crippen LogP contribution is 2.17. The first-order chi connectivity index (χ1) is 15.6. The topological polar surface area (TPSA) is 76.4 Å². The average Bonchev–Trinajstić information content (AvgIpc) is 3.25. The summed E-state index contributed by atoms with van der Waals surface area (Å²) >= 11 is 5.90. The van der Waals surface area contributed by atoms with Gasteiger partial charge < -0.3 is 9.64 Å². The van der Waals surface area contributed by atoms with Crippen molar-refractivity contribution >= 4 is 29.3 Å². The molecule has 1 amide bonds. The van der Waals surface area contributed by atoms with Crippen LogP contribution >= 0.6 is 11.6 Å². The Bertz CT molecular complexity index is 1060. The van der Waals surface area contributed by atoms with E-state index < -0.39 is 0 Å². The summed E-state index contributed by atoms with van der Waals surface area (Å²) in [7, 11) is 0. The van der Waals surface area contributed by atoms with Crippen molar-refractivity contribution in [2.45, 2.75) is 6.92 Å². The molecule has 8 nitrogen and oxygen atoms in total. The molecule has 3 aromatic rings. The lowest BCUT2D eigenvalue weighted by Crippen LogP contribution is -2.50. The first-order valence-corrected chi connectivity index (χ1v) is 10.9. The fourth-order valence-electron chi connectivity index (χ4n) is 3.53. The van der Waals surface area contributed by atoms with Crippen molar-refractivity contribution in [2.75, 3.05) is 39.3 Å². The van der Waals surface area contributed by atoms with Crippen LogP contribution in [-0.4, -0.2) is 75.2 Å². The first-order valence-electron chi connectivity index (χ1n) is 10.5. The van der Waals surface area contributed by atoms with Crippen LogP contribution in [0.15, 0.2) is 54.6 Å². The standard InChI is InChI=1S/C23H25ClN6O2/c1-18-25-26-27-30(18)22(17-19-5-3-2-4-6-19)23(31)29-13-11-28(12-14-29)15-16-32-21-9-7-20(24)8-10-21/h2-10,17H,11-16H2,1H3/b22-17+. The predicted molar refractivity (Wildman–Crippen MR) is 123 cm³/mol. The molecule has 1 aromatic heterocycles. The van der Waals surface area contributed by atoms with Gasteiger partial charge in [0, 0.05) is 37.7 Å². The molecule has 1 saturated heterocycles. The van der Waals surface area contributed by atoms with Crippen molar-refractivity contribution in [3.8, 4) is 5.75 Å². The van der Waals surface area contributed by atoms with Crippen molar-refractivity contribution in [1.82, 2.24) is 30.0 Å². The van der Waals surface area contributed by atoms with E-state index in [1.807, 2.05) is 65.6 Å². The fourth-order valence-corrected chi connectivity index (χ4v) is 3.66. The maximum Gasteiger partial charge on any atom is 0.272 e. The van der Waals surface area contributed by atoms with Crippen LogP contribution < -0.4 is 4.74 Å². The van der Waals surface area contributed by atoms with E-state index in [0.717, 1.165) is 30.9 Å². The molecular weight excluding hydrogens is 428 g/mol. The number of rotatable bonds is 7. The Labute approximate surface area is 192 Å². The molecule has 2 heterocycles. The number of ether oxygens (including phenoxy) is 1. The molecule has 1 aliphatic heterocycles. The zero-order valence-corrected chi connectivity index (χ0v) is 18.6. The van der Waals surface area contributed by atoms with Crippen molar-refractivity contribution in [1.29, 1.82) is 0 Å². The number of amides is 1. The minimum atomic E-state index is -0.0821. The Morgan fingerprint density at radius 1 is 1.06 bits per heavy atom. The zero-order valence-electron chi connectivity index (χ0n) is 17.9. The van der Waals surface area contributed by atoms with Crippen molar-refractivity contribution in [3.63, 3.8) is 0 Å². The van der Waals surface area contributed by atoms with Gasteiger partial charge in [-0.05, 0) is 53.3 Å². The van der Waals surface area contributed by atoms with Gasteiger partial charge in [-0.3, -0.25) is 9.69 Å². The van der Waals surface area contributed by atoms with Crippen LogP contribution in [0, 0.1) is 6.92 Å². The van der Waals surface area contributed by atoms with Crippen LogP contribution in [0.4, 0.5) is 0 Å². The number of aryl methyl sites for hydroxylation is 1. The number of piperazine rings is 1. The molecule has 0 aliphatic carbocycles. The molecule has 1 fully saturated rings. The lowest BCUT2D eigenvalue weighted by atomic mass is 10.1. The molecule has 0 saturated carbocycles. The van der Waals surface area contributed by atoms with Crippen LogP contribution in [0.2, 0.25) is 5.02 Å². The van der Waals surface area contributed by atoms with Crippen LogP contribution in [0.3, 0.4) is 0 Å². The summed E-state index contributed by atoms with van der Waals surface area (Å²) in [6, 6.07) is 17.1. The first kappa shape index (κ1) is 22.0. The van der Waals surface area contributed by atoms with Gasteiger partial charge in [-0.1, -0.05) is 41.9 Å². The van der Waals surface area contributed by atoms with Crippen LogP contribution in [0.5, 0.6) is 5.75 Å². The number of hydrogen-bond acceptors (Lipinski definition) is 6. The molecule has 166 valence electrons. The van der Waals surface area contributed by atoms with Gasteiger partial charge in [0.25, 0.3) is 5.91 Å². The minimum Gasteiger partial charge on any atom is -0.492 e. The number of tetrazole rings is 1. The Hall–Kier alpha value is -3.23. The number of halogens is 1. The van der Waals surface area contributed by atoms with Crippen molar-refractivity contribution in [3.05, 3.63) is 71.0 Å². The molecule has 9 heteroatoms. The van der Waals surface area contributed by atoms with Gasteiger partial charge in [0.05, 0.1) is 0 Å². The molecule has 0 unspecified atom stereocenters. The number of benzene rings is 2. The largest absolute Gasteiger partial charge is 0.492 e. The third-order valence-electron chi connectivity index (χ3n) is 5.33. The molecule has 0 N–H and O–H groups in total. The van der Waals surface area contributed by atoms with Crippen LogP contribution in [0.25, 0.3) is 11.8 Å². The third-order valence-corrected chi connectivity index (χ3v) is 5.58. The van der Waals surface area contributed by atoms with Crippen LogP contribution in [0.1, 0.15) is 11.4 Å². The lowest BCUT2D eigenvalue weighted by Gasteiger charge is -2.35. The summed E-state index contributed by atoms with van der Waals surface area (Å²) in [5.41, 5.74) is 1.36. The van der Waals surface area contributed by atoms with E-state index in [9.17, 15) is 4.79 Å². The van der Waals surface area contributed by atoms with E-state index >= 15 is 0 Å². The highest BCUT2D eigenvalue weighted by atomic mass is 35.5. The monoisotopic (exact) mass is 452 g/mol. The third kappa shape index (κ3) is 5.52. The smallest absolute Gasteiger partial charge is 0.272 e. The summed E-state index contributed by atoms with van der Waals surface area (Å²) in [4.78, 5) is 17.5. The predicted octanol–water partition coefficient (Wildman–Crippen LogP) is 2.86. The molecule has 0 atom stereocenters. The molecule has 0 spiro atoms. The summed E-state index contributed by atoms with van der Waals surface area (Å²) in [6.45, 7) is 5.98. The molecule has 4 rings (SSSR count). The van der Waals surface area contributed by atoms with Crippen molar-refractivity contribution in [2.24, 2.45) is 0 Å². The number of carbonyl (C=O) groups is 1. The Balaban J connectivity index is 1.36. The quantitative estimate of drug-likeness (QED) is 0.513. The Morgan fingerprint density at radius 3 is 2.44 bits per heavy atom. The Kier molecular flexibility index (Phi) is 7.14. The highest BCUT2D eigenvalue weighted by Gasteiger charge is 2.26. The van der Waals surface area contributed by atoms with E-state index in [0.29, 0.717) is 36.2 Å². The SMILES string of the molecule is Cc1nnnn1/C(=C/c1ccccc1)C(=O)N1CCN(CCOc2ccc(Cl)cc2)CC1. The summed E-state index contributed by atoms with van der Waals surface area (Å²) in [6.07, 6.45) is 1.83. The van der Waals surface area contributed by atoms with E-state index in [1.54, 1.807) is 6.92 Å². The second kappa shape index (κ2) is 10.4. The fraction of sp³-hybridized carbons (Fsp3) is 0.304. The number of hydrogen-bond donors (Lipinski definition) is 0. The Morgan fingerprint density at radius 2 is 1.78 bits per heavy atom. The molecule has 0 radical (unpaired) electrons. The highest BCUT2D eigenvalue weighted by molar-refractivity contribution is 6.30. The second-order valence-corrected chi connectivity index (χ2v) is 7.95. The molecule has 0 bridgehead atoms. The zero-order chi connectivity index (χ0) is 22.3.